The molecular weight excluding hydrogens is 309 g/mol. The van der Waals surface area contributed by atoms with Gasteiger partial charge in [-0.15, -0.1) is 0 Å². The van der Waals surface area contributed by atoms with Crippen molar-refractivity contribution in [2.45, 2.75) is 32.7 Å². The van der Waals surface area contributed by atoms with Gasteiger partial charge >= 0.3 is 5.97 Å². The zero-order valence-electron chi connectivity index (χ0n) is 12.8. The highest BCUT2D eigenvalue weighted by molar-refractivity contribution is 6.30. The van der Waals surface area contributed by atoms with E-state index in [-0.39, 0.29) is 23.1 Å². The van der Waals surface area contributed by atoms with E-state index >= 15 is 0 Å². The second-order valence-corrected chi connectivity index (χ2v) is 5.81. The van der Waals surface area contributed by atoms with Crippen molar-refractivity contribution in [2.75, 3.05) is 6.61 Å². The molecule has 0 unspecified atom stereocenters. The van der Waals surface area contributed by atoms with E-state index in [0.717, 1.165) is 12.5 Å². The lowest BCUT2D eigenvalue weighted by Gasteiger charge is -2.24. The normalized spacial score (nSPS) is 11.5. The number of benzene rings is 1. The summed E-state index contributed by atoms with van der Waals surface area (Å²) in [6.07, 6.45) is 3.35. The summed E-state index contributed by atoms with van der Waals surface area (Å²) in [7, 11) is 0. The number of ether oxygens (including phenoxy) is 1. The van der Waals surface area contributed by atoms with Crippen molar-refractivity contribution >= 4 is 29.6 Å². The summed E-state index contributed by atoms with van der Waals surface area (Å²) < 4.78 is 17.8. The summed E-state index contributed by atoms with van der Waals surface area (Å²) in [5.41, 5.74) is 0.212. The maximum Gasteiger partial charge on any atom is 0.331 e. The molecule has 1 N–H and O–H groups in total. The molecule has 1 aromatic rings. The Labute approximate surface area is 134 Å². The lowest BCUT2D eigenvalue weighted by Crippen LogP contribution is -2.44. The molecule has 0 saturated carbocycles. The molecule has 0 heterocycles. The Morgan fingerprint density at radius 2 is 2.09 bits per heavy atom. The van der Waals surface area contributed by atoms with Gasteiger partial charge < -0.3 is 10.1 Å². The van der Waals surface area contributed by atoms with Crippen LogP contribution in [0.1, 0.15) is 32.8 Å². The molecular formula is C16H19ClFNO3. The monoisotopic (exact) mass is 327 g/mol. The molecule has 0 aliphatic carbocycles. The third kappa shape index (κ3) is 6.26. The van der Waals surface area contributed by atoms with Gasteiger partial charge in [0.05, 0.1) is 5.02 Å². The van der Waals surface area contributed by atoms with Crippen LogP contribution in [-0.4, -0.2) is 24.0 Å². The fraction of sp³-hybridized carbons (Fsp3) is 0.375. The van der Waals surface area contributed by atoms with Gasteiger partial charge in [0.2, 0.25) is 0 Å². The Hall–Kier alpha value is -1.88. The van der Waals surface area contributed by atoms with Crippen LogP contribution in [0.2, 0.25) is 5.02 Å². The van der Waals surface area contributed by atoms with Crippen molar-refractivity contribution in [3.05, 3.63) is 40.7 Å². The molecule has 120 valence electrons. The first-order valence-corrected chi connectivity index (χ1v) is 7.22. The maximum atomic E-state index is 13.0. The number of carbonyl (C=O) groups is 2. The summed E-state index contributed by atoms with van der Waals surface area (Å²) in [5.74, 6) is -1.56. The Kier molecular flexibility index (Phi) is 6.56. The number of amides is 1. The average Bonchev–Trinajstić information content (AvgIpc) is 2.46. The summed E-state index contributed by atoms with van der Waals surface area (Å²) in [6, 6.07) is 4.06. The lowest BCUT2D eigenvalue weighted by atomic mass is 10.0. The SMILES string of the molecule is CCC(C)(C)NC(=O)COC(=O)/C=C/c1ccc(F)c(Cl)c1. The predicted molar refractivity (Wildman–Crippen MR) is 83.9 cm³/mol. The Morgan fingerprint density at radius 1 is 1.41 bits per heavy atom. The van der Waals surface area contributed by atoms with Gasteiger partial charge in [-0.05, 0) is 44.0 Å². The molecule has 0 saturated heterocycles. The summed E-state index contributed by atoms with van der Waals surface area (Å²) in [5, 5.41) is 2.72. The molecule has 0 radical (unpaired) electrons. The van der Waals surface area contributed by atoms with E-state index in [1.54, 1.807) is 0 Å². The first-order valence-electron chi connectivity index (χ1n) is 6.84. The van der Waals surface area contributed by atoms with E-state index in [0.29, 0.717) is 5.56 Å². The molecule has 4 nitrogen and oxygen atoms in total. The van der Waals surface area contributed by atoms with E-state index in [1.807, 2.05) is 20.8 Å². The smallest absolute Gasteiger partial charge is 0.331 e. The minimum absolute atomic E-state index is 0.0308. The Bertz CT molecular complexity index is 585. The number of nitrogens with one attached hydrogen (secondary N) is 1. The maximum absolute atomic E-state index is 13.0. The van der Waals surface area contributed by atoms with Gasteiger partial charge in [-0.1, -0.05) is 24.6 Å². The standard InChI is InChI=1S/C16H19ClFNO3/c1-4-16(2,3)19-14(20)10-22-15(21)8-6-11-5-7-13(18)12(17)9-11/h5-9H,4,10H2,1-3H3,(H,19,20)/b8-6+. The van der Waals surface area contributed by atoms with Crippen molar-refractivity contribution in [3.63, 3.8) is 0 Å². The van der Waals surface area contributed by atoms with E-state index in [9.17, 15) is 14.0 Å². The zero-order chi connectivity index (χ0) is 16.8. The molecule has 1 rings (SSSR count). The van der Waals surface area contributed by atoms with Gasteiger partial charge in [0.15, 0.2) is 6.61 Å². The predicted octanol–water partition coefficient (Wildman–Crippen LogP) is 3.34. The van der Waals surface area contributed by atoms with Crippen molar-refractivity contribution in [1.29, 1.82) is 0 Å². The van der Waals surface area contributed by atoms with Crippen LogP contribution in [0.4, 0.5) is 4.39 Å². The molecule has 0 fully saturated rings. The second kappa shape index (κ2) is 7.94. The van der Waals surface area contributed by atoms with Crippen LogP contribution in [0.15, 0.2) is 24.3 Å². The molecule has 0 aliphatic rings. The molecule has 22 heavy (non-hydrogen) atoms. The fourth-order valence-electron chi connectivity index (χ4n) is 1.47. The van der Waals surface area contributed by atoms with Crippen molar-refractivity contribution in [2.24, 2.45) is 0 Å². The van der Waals surface area contributed by atoms with Crippen LogP contribution < -0.4 is 5.32 Å². The number of carbonyl (C=O) groups excluding carboxylic acids is 2. The van der Waals surface area contributed by atoms with Gasteiger partial charge in [-0.25, -0.2) is 9.18 Å². The van der Waals surface area contributed by atoms with Crippen LogP contribution in [0, 0.1) is 5.82 Å². The van der Waals surface area contributed by atoms with Gasteiger partial charge in [0.25, 0.3) is 5.91 Å². The molecule has 0 aliphatic heterocycles. The lowest BCUT2D eigenvalue weighted by molar-refractivity contribution is -0.144. The highest BCUT2D eigenvalue weighted by Crippen LogP contribution is 2.16. The number of hydrogen-bond donors (Lipinski definition) is 1. The summed E-state index contributed by atoms with van der Waals surface area (Å²) in [4.78, 5) is 23.1. The Morgan fingerprint density at radius 3 is 2.68 bits per heavy atom. The molecule has 6 heteroatoms. The first kappa shape index (κ1) is 18.2. The van der Waals surface area contributed by atoms with Crippen molar-refractivity contribution in [1.82, 2.24) is 5.32 Å². The van der Waals surface area contributed by atoms with E-state index in [2.05, 4.69) is 5.32 Å². The number of rotatable bonds is 6. The second-order valence-electron chi connectivity index (χ2n) is 5.40. The fourth-order valence-corrected chi connectivity index (χ4v) is 1.66. The minimum atomic E-state index is -0.662. The van der Waals surface area contributed by atoms with E-state index < -0.39 is 11.8 Å². The average molecular weight is 328 g/mol. The summed E-state index contributed by atoms with van der Waals surface area (Å²) in [6.45, 7) is 5.36. The topological polar surface area (TPSA) is 55.4 Å². The van der Waals surface area contributed by atoms with Crippen molar-refractivity contribution < 1.29 is 18.7 Å². The number of halogens is 2. The van der Waals surface area contributed by atoms with Crippen molar-refractivity contribution in [3.8, 4) is 0 Å². The molecule has 0 spiro atoms. The number of hydrogen-bond acceptors (Lipinski definition) is 3. The van der Waals surface area contributed by atoms with E-state index in [4.69, 9.17) is 16.3 Å². The van der Waals surface area contributed by atoms with Crippen LogP contribution in [0.3, 0.4) is 0 Å². The van der Waals surface area contributed by atoms with Gasteiger partial charge in [-0.3, -0.25) is 4.79 Å². The first-order chi connectivity index (χ1) is 10.2. The Balaban J connectivity index is 2.47. The van der Waals surface area contributed by atoms with Crippen LogP contribution in [-0.2, 0) is 14.3 Å². The molecule has 1 aromatic carbocycles. The minimum Gasteiger partial charge on any atom is -0.452 e. The van der Waals surface area contributed by atoms with E-state index in [1.165, 1.54) is 24.3 Å². The highest BCUT2D eigenvalue weighted by Gasteiger charge is 2.18. The van der Waals surface area contributed by atoms with Gasteiger partial charge in [0.1, 0.15) is 5.82 Å². The molecule has 0 atom stereocenters. The molecule has 0 bridgehead atoms. The third-order valence-electron chi connectivity index (χ3n) is 3.06. The quantitative estimate of drug-likeness (QED) is 0.644. The van der Waals surface area contributed by atoms with Crippen LogP contribution >= 0.6 is 11.6 Å². The zero-order valence-corrected chi connectivity index (χ0v) is 13.5. The summed E-state index contributed by atoms with van der Waals surface area (Å²) >= 11 is 5.63. The van der Waals surface area contributed by atoms with Crippen LogP contribution in [0.5, 0.6) is 0 Å². The van der Waals surface area contributed by atoms with Gasteiger partial charge in [0, 0.05) is 11.6 Å². The largest absolute Gasteiger partial charge is 0.452 e. The third-order valence-corrected chi connectivity index (χ3v) is 3.35. The number of esters is 1. The van der Waals surface area contributed by atoms with Gasteiger partial charge in [-0.2, -0.15) is 0 Å². The van der Waals surface area contributed by atoms with Crippen LogP contribution in [0.25, 0.3) is 6.08 Å². The molecule has 1 amide bonds. The highest BCUT2D eigenvalue weighted by atomic mass is 35.5. The molecule has 0 aromatic heterocycles.